The number of carboxylic acid groups (broad SMARTS) is 1. The number of hydrogen-bond donors (Lipinski definition) is 3. The Balaban J connectivity index is 1.12. The van der Waals surface area contributed by atoms with E-state index in [0.717, 1.165) is 31.2 Å². The number of nitrogens with zero attached hydrogens (tertiary/aromatic N) is 1. The van der Waals surface area contributed by atoms with Crippen LogP contribution < -0.4 is 5.32 Å². The first kappa shape index (κ1) is 26.1. The Kier molecular flexibility index (Phi) is 8.08. The number of rotatable bonds is 7. The van der Waals surface area contributed by atoms with Crippen molar-refractivity contribution in [3.8, 4) is 0 Å². The number of amides is 1. The number of piperidine rings is 1. The maximum atomic E-state index is 12.8. The van der Waals surface area contributed by atoms with Gasteiger partial charge >= 0.3 is 5.97 Å². The SMILES string of the molecule is O=C(O)C(NC1CCC(c2c[nH]c3ccccc23)CC1)C1CCN(C(=O)Cc2ccc(Cl)c(Cl)c2)CC1. The van der Waals surface area contributed by atoms with Crippen molar-refractivity contribution in [2.24, 2.45) is 5.92 Å². The van der Waals surface area contributed by atoms with Gasteiger partial charge in [0.25, 0.3) is 0 Å². The van der Waals surface area contributed by atoms with E-state index in [-0.39, 0.29) is 24.3 Å². The Morgan fingerprint density at radius 1 is 1.00 bits per heavy atom. The number of nitrogens with one attached hydrogen (secondary N) is 2. The summed E-state index contributed by atoms with van der Waals surface area (Å²) in [6.07, 6.45) is 7.80. The number of H-pyrrole nitrogens is 1. The summed E-state index contributed by atoms with van der Waals surface area (Å²) in [6.45, 7) is 1.15. The summed E-state index contributed by atoms with van der Waals surface area (Å²) >= 11 is 12.1. The van der Waals surface area contributed by atoms with E-state index in [1.807, 2.05) is 17.0 Å². The molecular formula is C29H33Cl2N3O3. The number of benzene rings is 2. The molecule has 1 aliphatic heterocycles. The largest absolute Gasteiger partial charge is 0.480 e. The molecule has 5 rings (SSSR count). The van der Waals surface area contributed by atoms with Crippen molar-refractivity contribution >= 4 is 46.0 Å². The Morgan fingerprint density at radius 2 is 1.73 bits per heavy atom. The van der Waals surface area contributed by atoms with Crippen molar-refractivity contribution in [1.82, 2.24) is 15.2 Å². The molecule has 196 valence electrons. The van der Waals surface area contributed by atoms with E-state index in [4.69, 9.17) is 23.2 Å². The van der Waals surface area contributed by atoms with E-state index < -0.39 is 12.0 Å². The van der Waals surface area contributed by atoms with Crippen molar-refractivity contribution < 1.29 is 14.7 Å². The lowest BCUT2D eigenvalue weighted by molar-refractivity contribution is -0.142. The number of aromatic nitrogens is 1. The summed E-state index contributed by atoms with van der Waals surface area (Å²) < 4.78 is 0. The average Bonchev–Trinajstić information content (AvgIpc) is 3.34. The number of fused-ring (bicyclic) bond motifs is 1. The van der Waals surface area contributed by atoms with Gasteiger partial charge < -0.3 is 20.3 Å². The molecule has 1 saturated carbocycles. The Bertz CT molecular complexity index is 1260. The second kappa shape index (κ2) is 11.5. The topological polar surface area (TPSA) is 85.4 Å². The number of hydrogen-bond acceptors (Lipinski definition) is 3. The van der Waals surface area contributed by atoms with Crippen molar-refractivity contribution in [2.75, 3.05) is 13.1 Å². The molecule has 3 aromatic rings. The van der Waals surface area contributed by atoms with Crippen LogP contribution >= 0.6 is 23.2 Å². The summed E-state index contributed by atoms with van der Waals surface area (Å²) in [7, 11) is 0. The monoisotopic (exact) mass is 541 g/mol. The molecule has 1 aromatic heterocycles. The highest BCUT2D eigenvalue weighted by molar-refractivity contribution is 6.42. The minimum Gasteiger partial charge on any atom is -0.480 e. The van der Waals surface area contributed by atoms with Gasteiger partial charge in [0.1, 0.15) is 6.04 Å². The molecule has 3 N–H and O–H groups in total. The number of halogens is 2. The number of para-hydroxylation sites is 1. The molecule has 37 heavy (non-hydrogen) atoms. The summed E-state index contributed by atoms with van der Waals surface area (Å²) in [5.41, 5.74) is 3.38. The zero-order valence-corrected chi connectivity index (χ0v) is 22.3. The molecule has 2 aliphatic rings. The molecule has 0 spiro atoms. The summed E-state index contributed by atoms with van der Waals surface area (Å²) in [6, 6.07) is 13.3. The quantitative estimate of drug-likeness (QED) is 0.341. The lowest BCUT2D eigenvalue weighted by Gasteiger charge is -2.37. The van der Waals surface area contributed by atoms with Crippen molar-refractivity contribution in [3.05, 3.63) is 69.8 Å². The van der Waals surface area contributed by atoms with Crippen LogP contribution in [0.3, 0.4) is 0 Å². The molecule has 1 saturated heterocycles. The van der Waals surface area contributed by atoms with Gasteiger partial charge in [0.05, 0.1) is 16.5 Å². The zero-order chi connectivity index (χ0) is 25.9. The molecule has 2 aromatic carbocycles. The highest BCUT2D eigenvalue weighted by Crippen LogP contribution is 2.37. The molecule has 8 heteroatoms. The predicted octanol–water partition coefficient (Wildman–Crippen LogP) is 6.03. The maximum absolute atomic E-state index is 12.8. The fourth-order valence-electron chi connectivity index (χ4n) is 6.08. The van der Waals surface area contributed by atoms with Gasteiger partial charge in [-0.05, 0) is 79.7 Å². The van der Waals surface area contributed by atoms with Crippen LogP contribution in [0, 0.1) is 5.92 Å². The molecule has 1 aliphatic carbocycles. The van der Waals surface area contributed by atoms with Crippen molar-refractivity contribution in [1.29, 1.82) is 0 Å². The van der Waals surface area contributed by atoms with Crippen LogP contribution in [0.5, 0.6) is 0 Å². The molecule has 0 radical (unpaired) electrons. The first-order chi connectivity index (χ1) is 17.9. The first-order valence-electron chi connectivity index (χ1n) is 13.2. The first-order valence-corrected chi connectivity index (χ1v) is 13.9. The van der Waals surface area contributed by atoms with Gasteiger partial charge in [0.15, 0.2) is 0 Å². The molecule has 1 amide bonds. The predicted molar refractivity (Wildman–Crippen MR) is 147 cm³/mol. The number of carbonyl (C=O) groups excluding carboxylic acids is 1. The van der Waals surface area contributed by atoms with Crippen LogP contribution in [-0.4, -0.2) is 52.0 Å². The van der Waals surface area contributed by atoms with Crippen LogP contribution in [0.1, 0.15) is 55.6 Å². The summed E-state index contributed by atoms with van der Waals surface area (Å²) in [5, 5.41) is 15.7. The van der Waals surface area contributed by atoms with Gasteiger partial charge in [-0.25, -0.2) is 0 Å². The molecule has 2 fully saturated rings. The third-order valence-corrected chi connectivity index (χ3v) is 8.91. The molecule has 2 heterocycles. The van der Waals surface area contributed by atoms with E-state index in [2.05, 4.69) is 34.7 Å². The van der Waals surface area contributed by atoms with E-state index in [0.29, 0.717) is 41.9 Å². The van der Waals surface area contributed by atoms with Crippen LogP contribution in [-0.2, 0) is 16.0 Å². The van der Waals surface area contributed by atoms with Gasteiger partial charge in [-0.2, -0.15) is 0 Å². The van der Waals surface area contributed by atoms with E-state index in [1.54, 1.807) is 12.1 Å². The Hall–Kier alpha value is -2.54. The second-order valence-corrected chi connectivity index (χ2v) is 11.3. The third-order valence-electron chi connectivity index (χ3n) is 8.17. The maximum Gasteiger partial charge on any atom is 0.320 e. The number of aliphatic carboxylic acids is 1. The number of likely N-dealkylation sites (tertiary alicyclic amines) is 1. The van der Waals surface area contributed by atoms with E-state index >= 15 is 0 Å². The van der Waals surface area contributed by atoms with Crippen LogP contribution in [0.2, 0.25) is 10.0 Å². The van der Waals surface area contributed by atoms with Crippen molar-refractivity contribution in [3.63, 3.8) is 0 Å². The van der Waals surface area contributed by atoms with Gasteiger partial charge in [-0.3, -0.25) is 9.59 Å². The zero-order valence-electron chi connectivity index (χ0n) is 20.8. The fourth-order valence-corrected chi connectivity index (χ4v) is 6.40. The van der Waals surface area contributed by atoms with Gasteiger partial charge in [-0.1, -0.05) is 47.5 Å². The smallest absolute Gasteiger partial charge is 0.320 e. The minimum absolute atomic E-state index is 0.0119. The molecule has 0 bridgehead atoms. The standard InChI is InChI=1S/C29H33Cl2N3O3/c30-24-10-5-18(15-25(24)31)16-27(35)34-13-11-20(12-14-34)28(29(36)37)33-21-8-6-19(7-9-21)23-17-32-26-4-2-1-3-22(23)26/h1-5,10,15,17,19-21,28,32-33H,6-9,11-14,16H2,(H,36,37). The highest BCUT2D eigenvalue weighted by atomic mass is 35.5. The fraction of sp³-hybridized carbons (Fsp3) is 0.448. The minimum atomic E-state index is -0.792. The number of aromatic amines is 1. The third kappa shape index (κ3) is 5.97. The summed E-state index contributed by atoms with van der Waals surface area (Å²) in [5.74, 6) is -0.244. The van der Waals surface area contributed by atoms with E-state index in [1.165, 1.54) is 16.5 Å². The number of carbonyl (C=O) groups is 2. The lowest BCUT2D eigenvalue weighted by Crippen LogP contribution is -2.52. The average molecular weight is 543 g/mol. The number of carboxylic acids is 1. The van der Waals surface area contributed by atoms with Gasteiger partial charge in [0, 0.05) is 36.2 Å². The molecule has 6 nitrogen and oxygen atoms in total. The van der Waals surface area contributed by atoms with Crippen LogP contribution in [0.25, 0.3) is 10.9 Å². The summed E-state index contributed by atoms with van der Waals surface area (Å²) in [4.78, 5) is 30.3. The van der Waals surface area contributed by atoms with E-state index in [9.17, 15) is 14.7 Å². The highest BCUT2D eigenvalue weighted by Gasteiger charge is 2.35. The van der Waals surface area contributed by atoms with Crippen molar-refractivity contribution in [2.45, 2.75) is 62.9 Å². The molecule has 1 unspecified atom stereocenters. The Morgan fingerprint density at radius 3 is 2.43 bits per heavy atom. The van der Waals surface area contributed by atoms with Gasteiger partial charge in [-0.15, -0.1) is 0 Å². The molecular weight excluding hydrogens is 509 g/mol. The van der Waals surface area contributed by atoms with Crippen LogP contribution in [0.4, 0.5) is 0 Å². The lowest BCUT2D eigenvalue weighted by atomic mass is 9.80. The normalized spacial score (nSPS) is 21.7. The van der Waals surface area contributed by atoms with Crippen LogP contribution in [0.15, 0.2) is 48.7 Å². The Labute approximate surface area is 227 Å². The second-order valence-electron chi connectivity index (χ2n) is 10.5. The molecule has 1 atom stereocenters. The van der Waals surface area contributed by atoms with Gasteiger partial charge in [0.2, 0.25) is 5.91 Å².